The van der Waals surface area contributed by atoms with E-state index in [0.717, 1.165) is 22.3 Å². The molecule has 0 bridgehead atoms. The minimum Gasteiger partial charge on any atom is -0.204 e. The molecule has 0 saturated carbocycles. The van der Waals surface area contributed by atoms with Gasteiger partial charge in [0.05, 0.1) is 5.46 Å². The van der Waals surface area contributed by atoms with Gasteiger partial charge in [-0.05, 0) is 18.4 Å². The summed E-state index contributed by atoms with van der Waals surface area (Å²) in [5.41, 5.74) is 3.25. The van der Waals surface area contributed by atoms with Gasteiger partial charge in [0.15, 0.2) is 54.0 Å². The third kappa shape index (κ3) is 4.71. The first-order chi connectivity index (χ1) is 14.2. The molecule has 7 heteroatoms. The molecule has 3 aromatic carbocycles. The number of halogens is 6. The van der Waals surface area contributed by atoms with E-state index in [9.17, 15) is 22.0 Å². The lowest BCUT2D eigenvalue weighted by Crippen LogP contribution is -3.65. The van der Waals surface area contributed by atoms with E-state index in [2.05, 4.69) is 13.8 Å². The summed E-state index contributed by atoms with van der Waals surface area (Å²) in [6.07, 6.45) is 0. The lowest BCUT2D eigenvalue weighted by molar-refractivity contribution is -0.550. The van der Waals surface area contributed by atoms with Crippen molar-refractivity contribution in [3.8, 4) is 0 Å². The summed E-state index contributed by atoms with van der Waals surface area (Å²) >= 11 is -1.14. The van der Waals surface area contributed by atoms with E-state index in [4.69, 9.17) is 0 Å². The molecule has 1 atom stereocenters. The van der Waals surface area contributed by atoms with Gasteiger partial charge in [0, 0.05) is 11.1 Å². The van der Waals surface area contributed by atoms with E-state index in [0.29, 0.717) is 5.92 Å². The standard InChI is InChI=1S/C23H19BF5I/c1-12(2)14-8-10-16(11-9-14)23(15-6-4-13(3)5-7-15)30-24-17-18(25)20(27)22(29)21(28)19(17)26/h4-12,23H,1-3H3/q+1. The fraction of sp³-hybridized carbons (Fsp3) is 0.217. The molecule has 0 heterocycles. The predicted octanol–water partition coefficient (Wildman–Crippen LogP) is 2.94. The minimum atomic E-state index is -2.14. The molecule has 1 unspecified atom stereocenters. The highest BCUT2D eigenvalue weighted by atomic mass is 127. The SMILES string of the molecule is Cc1ccc(C([I+][B]c2c(F)c(F)c(F)c(F)c2F)c2ccc(C(C)C)cc2)cc1. The van der Waals surface area contributed by atoms with Crippen LogP contribution in [0.15, 0.2) is 48.5 Å². The maximum absolute atomic E-state index is 14.1. The zero-order valence-corrected chi connectivity index (χ0v) is 18.8. The Balaban J connectivity index is 1.97. The highest BCUT2D eigenvalue weighted by Gasteiger charge is 2.36. The number of hydrogen-bond acceptors (Lipinski definition) is 0. The molecule has 0 fully saturated rings. The van der Waals surface area contributed by atoms with Crippen molar-refractivity contribution in [2.45, 2.75) is 30.6 Å². The van der Waals surface area contributed by atoms with Crippen LogP contribution in [0.2, 0.25) is 0 Å². The molecule has 0 aliphatic heterocycles. The van der Waals surface area contributed by atoms with Crippen LogP contribution >= 0.6 is 0 Å². The summed E-state index contributed by atoms with van der Waals surface area (Å²) in [5.74, 6) is -9.20. The van der Waals surface area contributed by atoms with Gasteiger partial charge in [0.25, 0.3) is 0 Å². The lowest BCUT2D eigenvalue weighted by Gasteiger charge is -2.11. The molecule has 3 aromatic rings. The Morgan fingerprint density at radius 2 is 1.03 bits per heavy atom. The Morgan fingerprint density at radius 1 is 0.633 bits per heavy atom. The van der Waals surface area contributed by atoms with Crippen molar-refractivity contribution in [1.29, 1.82) is 0 Å². The first kappa shape index (κ1) is 22.8. The van der Waals surface area contributed by atoms with Gasteiger partial charge >= 0.3 is 5.14 Å². The minimum absolute atomic E-state index is 0.194. The Hall–Kier alpha value is -1.90. The Labute approximate surface area is 183 Å². The van der Waals surface area contributed by atoms with Gasteiger partial charge in [-0.2, -0.15) is 0 Å². The fourth-order valence-corrected chi connectivity index (χ4v) is 5.89. The van der Waals surface area contributed by atoms with Crippen molar-refractivity contribution in [3.05, 3.63) is 99.9 Å². The van der Waals surface area contributed by atoms with Crippen LogP contribution in [-0.2, 0) is 0 Å². The van der Waals surface area contributed by atoms with Gasteiger partial charge in [-0.25, -0.2) is 22.0 Å². The molecule has 155 valence electrons. The second-order valence-corrected chi connectivity index (χ2v) is 9.90. The van der Waals surface area contributed by atoms with Crippen LogP contribution in [-0.4, -0.2) is 5.14 Å². The van der Waals surface area contributed by atoms with Crippen LogP contribution in [0.3, 0.4) is 0 Å². The smallest absolute Gasteiger partial charge is 0.204 e. The normalized spacial score (nSPS) is 12.3. The number of rotatable bonds is 6. The molecular formula is C23H19BF5I+. The Morgan fingerprint density at radius 3 is 1.50 bits per heavy atom. The van der Waals surface area contributed by atoms with Crippen molar-refractivity contribution in [1.82, 2.24) is 0 Å². The summed E-state index contributed by atoms with van der Waals surface area (Å²) in [7, 11) is 0. The van der Waals surface area contributed by atoms with Crippen LogP contribution in [0.4, 0.5) is 22.0 Å². The molecule has 30 heavy (non-hydrogen) atoms. The van der Waals surface area contributed by atoms with Crippen LogP contribution in [0.25, 0.3) is 0 Å². The summed E-state index contributed by atoms with van der Waals surface area (Å²) in [4.78, 5) is 0. The van der Waals surface area contributed by atoms with Gasteiger partial charge in [-0.15, -0.1) is 0 Å². The summed E-state index contributed by atoms with van der Waals surface area (Å²) < 4.78 is 68.5. The van der Waals surface area contributed by atoms with Crippen molar-refractivity contribution in [3.63, 3.8) is 0 Å². The molecule has 0 amide bonds. The maximum atomic E-state index is 14.1. The molecule has 1 radical (unpaired) electrons. The van der Waals surface area contributed by atoms with E-state index in [1.165, 1.54) is 5.14 Å². The number of aryl methyl sites for hydroxylation is 1. The average molecular weight is 528 g/mol. The zero-order chi connectivity index (χ0) is 22.0. The summed E-state index contributed by atoms with van der Waals surface area (Å²) in [6.45, 7) is 6.11. The van der Waals surface area contributed by atoms with Crippen LogP contribution in [0, 0.1) is 36.0 Å². The summed E-state index contributed by atoms with van der Waals surface area (Å²) in [6, 6.07) is 15.7. The molecule has 0 aromatic heterocycles. The number of alkyl halides is 1. The first-order valence-electron chi connectivity index (χ1n) is 9.33. The molecule has 0 spiro atoms. The monoisotopic (exact) mass is 528 g/mol. The maximum Gasteiger partial charge on any atom is 0.523 e. The van der Waals surface area contributed by atoms with Crippen LogP contribution in [0.1, 0.15) is 45.9 Å². The molecule has 3 rings (SSSR count). The molecule has 0 saturated heterocycles. The van der Waals surface area contributed by atoms with E-state index in [-0.39, 0.29) is 3.92 Å². The van der Waals surface area contributed by atoms with Gasteiger partial charge in [-0.3, -0.25) is 0 Å². The van der Waals surface area contributed by atoms with Crippen molar-refractivity contribution in [2.75, 3.05) is 0 Å². The quantitative estimate of drug-likeness (QED) is 0.115. The van der Waals surface area contributed by atoms with Crippen molar-refractivity contribution >= 4 is 10.6 Å². The number of benzene rings is 3. The third-order valence-corrected chi connectivity index (χ3v) is 7.95. The van der Waals surface area contributed by atoms with Crippen LogP contribution < -0.4 is 26.5 Å². The van der Waals surface area contributed by atoms with Gasteiger partial charge < -0.3 is 0 Å². The Bertz CT molecular complexity index is 1000. The van der Waals surface area contributed by atoms with Crippen molar-refractivity contribution < 1.29 is 42.9 Å². The van der Waals surface area contributed by atoms with E-state index >= 15 is 0 Å². The van der Waals surface area contributed by atoms with Gasteiger partial charge in [-0.1, -0.05) is 67.9 Å². The van der Waals surface area contributed by atoms with E-state index < -0.39 is 55.5 Å². The lowest BCUT2D eigenvalue weighted by atomic mass is 9.94. The molecule has 0 N–H and O–H groups in total. The van der Waals surface area contributed by atoms with Gasteiger partial charge in [0.2, 0.25) is 0 Å². The zero-order valence-electron chi connectivity index (χ0n) is 16.6. The van der Waals surface area contributed by atoms with Gasteiger partial charge in [0.1, 0.15) is 0 Å². The molecular weight excluding hydrogens is 509 g/mol. The first-order valence-corrected chi connectivity index (χ1v) is 11.8. The highest BCUT2D eigenvalue weighted by molar-refractivity contribution is 6.44. The average Bonchev–Trinajstić information content (AvgIpc) is 2.74. The molecule has 0 aliphatic carbocycles. The number of hydrogen-bond donors (Lipinski definition) is 0. The van der Waals surface area contributed by atoms with E-state index in [1.54, 1.807) is 0 Å². The summed E-state index contributed by atoms with van der Waals surface area (Å²) in [5, 5.41) is 1.19. The fourth-order valence-electron chi connectivity index (χ4n) is 2.97. The third-order valence-electron chi connectivity index (χ3n) is 4.81. The Kier molecular flexibility index (Phi) is 7.21. The second kappa shape index (κ2) is 9.50. The molecule has 0 aliphatic rings. The largest absolute Gasteiger partial charge is 0.523 e. The van der Waals surface area contributed by atoms with Crippen molar-refractivity contribution in [2.24, 2.45) is 0 Å². The topological polar surface area (TPSA) is 0 Å². The second-order valence-electron chi connectivity index (χ2n) is 7.31. The highest BCUT2D eigenvalue weighted by Crippen LogP contribution is 2.21. The van der Waals surface area contributed by atoms with Crippen LogP contribution in [0.5, 0.6) is 0 Å². The predicted molar refractivity (Wildman–Crippen MR) is 105 cm³/mol. The van der Waals surface area contributed by atoms with E-state index in [1.807, 2.05) is 55.5 Å². The molecule has 0 nitrogen and oxygen atoms in total.